The maximum absolute atomic E-state index is 5.46. The molecular weight excluding hydrogens is 202 g/mol. The number of nitrogens with zero attached hydrogens (tertiary/aromatic N) is 2. The Kier molecular flexibility index (Phi) is 5.19. The molecule has 1 N–H and O–H groups in total. The minimum absolute atomic E-state index is 0.0559. The van der Waals surface area contributed by atoms with Crippen molar-refractivity contribution in [2.75, 3.05) is 19.0 Å². The van der Waals surface area contributed by atoms with Gasteiger partial charge in [0.25, 0.3) is 0 Å². The maximum Gasteiger partial charge on any atom is 0.129 e. The highest BCUT2D eigenvalue weighted by atomic mass is 16.5. The van der Waals surface area contributed by atoms with Crippen molar-refractivity contribution >= 4 is 5.82 Å². The predicted octanol–water partition coefficient (Wildman–Crippen LogP) is 2.64. The molecule has 0 amide bonds. The van der Waals surface area contributed by atoms with Crippen LogP contribution in [-0.2, 0) is 4.74 Å². The van der Waals surface area contributed by atoms with Crippen molar-refractivity contribution in [1.82, 2.24) is 9.97 Å². The lowest BCUT2D eigenvalue weighted by atomic mass is 10.0. The van der Waals surface area contributed by atoms with Crippen molar-refractivity contribution in [3.8, 4) is 0 Å². The molecule has 0 spiro atoms. The fourth-order valence-electron chi connectivity index (χ4n) is 1.59. The predicted molar refractivity (Wildman–Crippen MR) is 65.4 cm³/mol. The normalized spacial score (nSPS) is 12.8. The molecule has 1 unspecified atom stereocenters. The summed E-state index contributed by atoms with van der Waals surface area (Å²) < 4.78 is 5.46. The van der Waals surface area contributed by atoms with Gasteiger partial charge in [0, 0.05) is 19.7 Å². The molecule has 0 saturated heterocycles. The van der Waals surface area contributed by atoms with E-state index in [9.17, 15) is 0 Å². The Bertz CT molecular complexity index is 315. The van der Waals surface area contributed by atoms with Crippen LogP contribution < -0.4 is 5.32 Å². The topological polar surface area (TPSA) is 47.0 Å². The smallest absolute Gasteiger partial charge is 0.129 e. The molecule has 0 aliphatic rings. The summed E-state index contributed by atoms with van der Waals surface area (Å²) in [7, 11) is 1.72. The standard InChI is InChI=1S/C12H21N3O/c1-5-13-12-7-10(14-8-15-12)11(16-4)6-9(2)3/h7-9,11H,5-6H2,1-4H3,(H,13,14,15). The van der Waals surface area contributed by atoms with Crippen molar-refractivity contribution in [2.24, 2.45) is 5.92 Å². The fraction of sp³-hybridized carbons (Fsp3) is 0.667. The first-order valence-electron chi connectivity index (χ1n) is 5.76. The third kappa shape index (κ3) is 3.77. The number of aromatic nitrogens is 2. The van der Waals surface area contributed by atoms with Gasteiger partial charge in [0.05, 0.1) is 11.8 Å². The van der Waals surface area contributed by atoms with E-state index in [0.29, 0.717) is 5.92 Å². The number of nitrogens with one attached hydrogen (secondary N) is 1. The molecule has 90 valence electrons. The van der Waals surface area contributed by atoms with Gasteiger partial charge in [-0.2, -0.15) is 0 Å². The van der Waals surface area contributed by atoms with Crippen LogP contribution >= 0.6 is 0 Å². The second-order valence-corrected chi connectivity index (χ2v) is 4.21. The van der Waals surface area contributed by atoms with Crippen LogP contribution in [-0.4, -0.2) is 23.6 Å². The molecule has 0 aromatic carbocycles. The van der Waals surface area contributed by atoms with Gasteiger partial charge >= 0.3 is 0 Å². The molecule has 0 bridgehead atoms. The van der Waals surface area contributed by atoms with Gasteiger partial charge < -0.3 is 10.1 Å². The molecule has 0 radical (unpaired) electrons. The van der Waals surface area contributed by atoms with Crippen LogP contribution in [0.25, 0.3) is 0 Å². The summed E-state index contributed by atoms with van der Waals surface area (Å²) in [6, 6.07) is 1.96. The zero-order chi connectivity index (χ0) is 12.0. The van der Waals surface area contributed by atoms with E-state index in [1.807, 2.05) is 13.0 Å². The lowest BCUT2D eigenvalue weighted by molar-refractivity contribution is 0.0810. The molecule has 0 fully saturated rings. The molecule has 4 heteroatoms. The SMILES string of the molecule is CCNc1cc(C(CC(C)C)OC)ncn1. The first kappa shape index (κ1) is 12.9. The zero-order valence-corrected chi connectivity index (χ0v) is 10.5. The van der Waals surface area contributed by atoms with Crippen LogP contribution in [0.1, 0.15) is 39.0 Å². The average molecular weight is 223 g/mol. The van der Waals surface area contributed by atoms with Gasteiger partial charge in [-0.15, -0.1) is 0 Å². The summed E-state index contributed by atoms with van der Waals surface area (Å²) in [6.07, 6.45) is 2.61. The summed E-state index contributed by atoms with van der Waals surface area (Å²) >= 11 is 0. The lowest BCUT2D eigenvalue weighted by Crippen LogP contribution is -2.09. The Labute approximate surface area is 97.5 Å². The van der Waals surface area contributed by atoms with E-state index in [0.717, 1.165) is 24.5 Å². The monoisotopic (exact) mass is 223 g/mol. The van der Waals surface area contributed by atoms with E-state index >= 15 is 0 Å². The van der Waals surface area contributed by atoms with Crippen LogP contribution in [0.5, 0.6) is 0 Å². The third-order valence-corrected chi connectivity index (χ3v) is 2.35. The molecule has 1 aromatic rings. The Balaban J connectivity index is 2.79. The maximum atomic E-state index is 5.46. The Morgan fingerprint density at radius 3 is 2.69 bits per heavy atom. The van der Waals surface area contributed by atoms with E-state index in [1.165, 1.54) is 0 Å². The van der Waals surface area contributed by atoms with Crippen molar-refractivity contribution in [3.63, 3.8) is 0 Å². The molecule has 16 heavy (non-hydrogen) atoms. The first-order valence-corrected chi connectivity index (χ1v) is 5.76. The molecular formula is C12H21N3O. The van der Waals surface area contributed by atoms with Crippen LogP contribution in [0.2, 0.25) is 0 Å². The van der Waals surface area contributed by atoms with Crippen molar-refractivity contribution in [1.29, 1.82) is 0 Å². The molecule has 4 nitrogen and oxygen atoms in total. The number of ether oxygens (including phenoxy) is 1. The number of hydrogen-bond acceptors (Lipinski definition) is 4. The summed E-state index contributed by atoms with van der Waals surface area (Å²) in [6.45, 7) is 7.26. The summed E-state index contributed by atoms with van der Waals surface area (Å²) in [4.78, 5) is 8.42. The van der Waals surface area contributed by atoms with E-state index < -0.39 is 0 Å². The molecule has 0 aliphatic carbocycles. The fourth-order valence-corrected chi connectivity index (χ4v) is 1.59. The molecule has 1 atom stereocenters. The molecule has 1 aromatic heterocycles. The summed E-state index contributed by atoms with van der Waals surface area (Å²) in [5, 5.41) is 3.17. The second-order valence-electron chi connectivity index (χ2n) is 4.21. The second kappa shape index (κ2) is 6.43. The highest BCUT2D eigenvalue weighted by molar-refractivity contribution is 5.35. The highest BCUT2D eigenvalue weighted by Crippen LogP contribution is 2.23. The third-order valence-electron chi connectivity index (χ3n) is 2.35. The van der Waals surface area contributed by atoms with E-state index in [-0.39, 0.29) is 6.10 Å². The van der Waals surface area contributed by atoms with Crippen molar-refractivity contribution in [2.45, 2.75) is 33.3 Å². The largest absolute Gasteiger partial charge is 0.375 e. The quantitative estimate of drug-likeness (QED) is 0.805. The molecule has 0 saturated carbocycles. The minimum atomic E-state index is 0.0559. The number of hydrogen-bond donors (Lipinski definition) is 1. The Morgan fingerprint density at radius 2 is 2.12 bits per heavy atom. The Hall–Kier alpha value is -1.16. The highest BCUT2D eigenvalue weighted by Gasteiger charge is 2.14. The van der Waals surface area contributed by atoms with Crippen LogP contribution in [0.4, 0.5) is 5.82 Å². The van der Waals surface area contributed by atoms with Gasteiger partial charge in [-0.05, 0) is 19.3 Å². The minimum Gasteiger partial charge on any atom is -0.375 e. The lowest BCUT2D eigenvalue weighted by Gasteiger charge is -2.17. The molecule has 1 heterocycles. The number of anilines is 1. The van der Waals surface area contributed by atoms with Crippen LogP contribution in [0.15, 0.2) is 12.4 Å². The van der Waals surface area contributed by atoms with E-state index in [4.69, 9.17) is 4.74 Å². The average Bonchev–Trinajstić information content (AvgIpc) is 2.26. The van der Waals surface area contributed by atoms with Gasteiger partial charge in [-0.25, -0.2) is 9.97 Å². The number of methoxy groups -OCH3 is 1. The van der Waals surface area contributed by atoms with Gasteiger partial charge in [0.2, 0.25) is 0 Å². The summed E-state index contributed by atoms with van der Waals surface area (Å²) in [5.41, 5.74) is 0.946. The van der Waals surface area contributed by atoms with Crippen LogP contribution in [0, 0.1) is 5.92 Å². The van der Waals surface area contributed by atoms with Crippen molar-refractivity contribution < 1.29 is 4.74 Å². The van der Waals surface area contributed by atoms with Gasteiger partial charge in [0.15, 0.2) is 0 Å². The first-order chi connectivity index (χ1) is 7.67. The van der Waals surface area contributed by atoms with E-state index in [1.54, 1.807) is 13.4 Å². The van der Waals surface area contributed by atoms with Crippen LogP contribution in [0.3, 0.4) is 0 Å². The Morgan fingerprint density at radius 1 is 1.38 bits per heavy atom. The number of rotatable bonds is 6. The molecule has 0 aliphatic heterocycles. The zero-order valence-electron chi connectivity index (χ0n) is 10.5. The van der Waals surface area contributed by atoms with E-state index in [2.05, 4.69) is 29.1 Å². The van der Waals surface area contributed by atoms with Gasteiger partial charge in [0.1, 0.15) is 12.1 Å². The van der Waals surface area contributed by atoms with Gasteiger partial charge in [-0.3, -0.25) is 0 Å². The van der Waals surface area contributed by atoms with Gasteiger partial charge in [-0.1, -0.05) is 13.8 Å². The molecule has 1 rings (SSSR count). The summed E-state index contributed by atoms with van der Waals surface area (Å²) in [5.74, 6) is 1.45. The van der Waals surface area contributed by atoms with Crippen molar-refractivity contribution in [3.05, 3.63) is 18.1 Å².